The van der Waals surface area contributed by atoms with Crippen LogP contribution in [0.15, 0.2) is 0 Å². The molecule has 1 aliphatic heterocycles. The molecule has 1 saturated heterocycles. The maximum atomic E-state index is 11.4. The van der Waals surface area contributed by atoms with Crippen molar-refractivity contribution in [2.24, 2.45) is 0 Å². The van der Waals surface area contributed by atoms with Crippen LogP contribution in [0.1, 0.15) is 20.3 Å². The molecule has 14 heavy (non-hydrogen) atoms. The molecule has 2 atom stereocenters. The standard InChI is InChI=1S/C10H18INO2/c1-7(2)11-8-5-9(10(13)14-4)12(3)6-8/h8-9H,5-6H2,1-4H3/t8?,9-/m0/s1. The highest BCUT2D eigenvalue weighted by Gasteiger charge is 2.34. The number of likely N-dealkylation sites (N-methyl/N-ethyl adjacent to an activating group) is 1. The van der Waals surface area contributed by atoms with Crippen LogP contribution in [-0.2, 0) is 9.53 Å². The largest absolute Gasteiger partial charge is 0.468 e. The number of methoxy groups -OCH3 is 1. The van der Waals surface area contributed by atoms with Gasteiger partial charge in [-0.3, -0.25) is 9.69 Å². The van der Waals surface area contributed by atoms with E-state index in [1.54, 1.807) is 3.51 Å². The van der Waals surface area contributed by atoms with E-state index in [9.17, 15) is 4.79 Å². The number of ether oxygens (including phenoxy) is 1. The molecule has 1 unspecified atom stereocenters. The van der Waals surface area contributed by atoms with Gasteiger partial charge in [-0.1, -0.05) is 0 Å². The molecule has 0 aromatic carbocycles. The lowest BCUT2D eigenvalue weighted by Crippen LogP contribution is -2.33. The number of likely N-dealkylation sites (tertiary alicyclic amines) is 1. The molecule has 1 heterocycles. The number of hydrogen-bond donors (Lipinski definition) is 0. The quantitative estimate of drug-likeness (QED) is 0.439. The lowest BCUT2D eigenvalue weighted by molar-refractivity contribution is -0.145. The van der Waals surface area contributed by atoms with Crippen molar-refractivity contribution in [2.45, 2.75) is 30.2 Å². The molecular formula is C10H18INO2. The van der Waals surface area contributed by atoms with E-state index in [1.165, 1.54) is 7.11 Å². The Balaban J connectivity index is 2.60. The van der Waals surface area contributed by atoms with E-state index in [-0.39, 0.29) is 32.7 Å². The van der Waals surface area contributed by atoms with Gasteiger partial charge in [0.25, 0.3) is 0 Å². The number of halogens is 1. The van der Waals surface area contributed by atoms with Crippen LogP contribution in [0.25, 0.3) is 0 Å². The predicted octanol–water partition coefficient (Wildman–Crippen LogP) is 1.41. The zero-order chi connectivity index (χ0) is 10.7. The van der Waals surface area contributed by atoms with Crippen LogP contribution in [0, 0.1) is 0 Å². The first-order valence-corrected chi connectivity index (χ1v) is 7.08. The minimum Gasteiger partial charge on any atom is -0.468 e. The summed E-state index contributed by atoms with van der Waals surface area (Å²) >= 11 is 0.144. The molecule has 4 heteroatoms. The van der Waals surface area contributed by atoms with Crippen molar-refractivity contribution in [1.29, 1.82) is 0 Å². The van der Waals surface area contributed by atoms with Crippen LogP contribution >= 0.6 is 20.7 Å². The highest BCUT2D eigenvalue weighted by molar-refractivity contribution is 14.2. The Morgan fingerprint density at radius 3 is 2.64 bits per heavy atom. The number of nitrogens with zero attached hydrogens (tertiary/aromatic N) is 1. The molecule has 0 aromatic heterocycles. The van der Waals surface area contributed by atoms with Crippen LogP contribution in [0.5, 0.6) is 0 Å². The summed E-state index contributed by atoms with van der Waals surface area (Å²) in [6, 6.07) is 0.00375. The van der Waals surface area contributed by atoms with Crippen molar-refractivity contribution < 1.29 is 9.53 Å². The molecule has 0 saturated carbocycles. The lowest BCUT2D eigenvalue weighted by atomic mass is 10.2. The Hall–Kier alpha value is 0.0300. The van der Waals surface area contributed by atoms with Crippen molar-refractivity contribution in [2.75, 3.05) is 20.7 Å². The second-order valence-corrected chi connectivity index (χ2v) is 8.34. The number of rotatable bonds is 2. The molecule has 3 nitrogen and oxygen atoms in total. The minimum atomic E-state index is -0.0761. The zero-order valence-electron chi connectivity index (χ0n) is 9.21. The van der Waals surface area contributed by atoms with Crippen molar-refractivity contribution in [1.82, 2.24) is 4.90 Å². The third-order valence-corrected chi connectivity index (χ3v) is 5.37. The number of esters is 1. The van der Waals surface area contributed by atoms with Crippen LogP contribution < -0.4 is 0 Å². The van der Waals surface area contributed by atoms with Gasteiger partial charge < -0.3 is 4.74 Å². The van der Waals surface area contributed by atoms with E-state index in [4.69, 9.17) is 4.74 Å². The monoisotopic (exact) mass is 311 g/mol. The van der Waals surface area contributed by atoms with Gasteiger partial charge >= 0.3 is 5.97 Å². The summed E-state index contributed by atoms with van der Waals surface area (Å²) in [4.78, 5) is 13.5. The number of carbonyl (C=O) groups is 1. The van der Waals surface area contributed by atoms with Gasteiger partial charge in [-0.2, -0.15) is 0 Å². The van der Waals surface area contributed by atoms with E-state index >= 15 is 0 Å². The summed E-state index contributed by atoms with van der Waals surface area (Å²) in [7, 11) is 3.48. The van der Waals surface area contributed by atoms with E-state index in [1.807, 2.05) is 7.05 Å². The first-order chi connectivity index (χ1) is 6.54. The van der Waals surface area contributed by atoms with Crippen LogP contribution in [0.3, 0.4) is 0 Å². The Bertz CT molecular complexity index is 249. The molecule has 0 spiro atoms. The lowest BCUT2D eigenvalue weighted by Gasteiger charge is -2.15. The number of carbonyl (C=O) groups excluding carboxylic acids is 1. The fraction of sp³-hybridized carbons (Fsp3) is 0.800. The van der Waals surface area contributed by atoms with Gasteiger partial charge in [0.05, 0.1) is 7.11 Å². The molecular weight excluding hydrogens is 293 g/mol. The van der Waals surface area contributed by atoms with E-state index < -0.39 is 0 Å². The third kappa shape index (κ3) is 3.02. The van der Waals surface area contributed by atoms with Gasteiger partial charge in [-0.15, -0.1) is 20.7 Å². The van der Waals surface area contributed by atoms with Gasteiger partial charge in [0.15, 0.2) is 0 Å². The molecule has 82 valence electrons. The van der Waals surface area contributed by atoms with E-state index in [0.717, 1.165) is 16.9 Å². The molecule has 0 amide bonds. The molecule has 0 N–H and O–H groups in total. The summed E-state index contributed by atoms with van der Waals surface area (Å²) in [5.74, 6) is -0.0761. The Labute approximate surface area is 95.5 Å². The maximum Gasteiger partial charge on any atom is 0.323 e. The molecule has 1 rings (SSSR count). The summed E-state index contributed by atoms with van der Waals surface area (Å²) in [5, 5.41) is 0. The molecule has 0 aromatic rings. The fourth-order valence-corrected chi connectivity index (χ4v) is 5.05. The van der Waals surface area contributed by atoms with Crippen LogP contribution in [-0.4, -0.2) is 45.0 Å². The number of hydrogen-bond acceptors (Lipinski definition) is 3. The second kappa shape index (κ2) is 5.21. The summed E-state index contributed by atoms with van der Waals surface area (Å²) in [6.45, 7) is 5.44. The van der Waals surface area contributed by atoms with Crippen molar-refractivity contribution in [3.8, 4) is 0 Å². The SMILES string of the molecule is COC(=O)[C@@H]1CC(I=C(C)C)CN1C. The average molecular weight is 311 g/mol. The predicted molar refractivity (Wildman–Crippen MR) is 67.2 cm³/mol. The van der Waals surface area contributed by atoms with Gasteiger partial charge in [-0.05, 0) is 30.8 Å². The molecule has 1 fully saturated rings. The fourth-order valence-electron chi connectivity index (χ4n) is 1.74. The van der Waals surface area contributed by atoms with Crippen LogP contribution in [0.4, 0.5) is 0 Å². The molecule has 0 radical (unpaired) electrons. The molecule has 1 aliphatic rings. The van der Waals surface area contributed by atoms with Crippen molar-refractivity contribution in [3.63, 3.8) is 0 Å². The first-order valence-electron chi connectivity index (χ1n) is 4.76. The zero-order valence-corrected chi connectivity index (χ0v) is 11.4. The third-order valence-electron chi connectivity index (χ3n) is 2.34. The first kappa shape index (κ1) is 12.1. The topological polar surface area (TPSA) is 29.5 Å². The van der Waals surface area contributed by atoms with Gasteiger partial charge in [0.2, 0.25) is 0 Å². The molecule has 0 bridgehead atoms. The van der Waals surface area contributed by atoms with Gasteiger partial charge in [-0.25, -0.2) is 0 Å². The Kier molecular flexibility index (Phi) is 4.50. The van der Waals surface area contributed by atoms with Crippen molar-refractivity contribution >= 4 is 30.2 Å². The number of alkyl halides is 1. The van der Waals surface area contributed by atoms with Gasteiger partial charge in [0.1, 0.15) is 6.04 Å². The smallest absolute Gasteiger partial charge is 0.323 e. The Morgan fingerprint density at radius 1 is 1.50 bits per heavy atom. The average Bonchev–Trinajstić information content (AvgIpc) is 2.44. The summed E-state index contributed by atoms with van der Waals surface area (Å²) in [5.41, 5.74) is 0. The van der Waals surface area contributed by atoms with Gasteiger partial charge in [0, 0.05) is 10.5 Å². The normalized spacial score (nSPS) is 27.7. The molecule has 0 aliphatic carbocycles. The summed E-state index contributed by atoms with van der Waals surface area (Å²) in [6.07, 6.45) is 0.988. The second-order valence-electron chi connectivity index (χ2n) is 3.80. The summed E-state index contributed by atoms with van der Waals surface area (Å²) < 4.78 is 7.06. The van der Waals surface area contributed by atoms with Crippen molar-refractivity contribution in [3.05, 3.63) is 0 Å². The highest BCUT2D eigenvalue weighted by atomic mass is 127. The minimum absolute atomic E-state index is 0.00375. The van der Waals surface area contributed by atoms with Crippen LogP contribution in [0.2, 0.25) is 0 Å². The Morgan fingerprint density at radius 2 is 2.14 bits per heavy atom. The van der Waals surface area contributed by atoms with E-state index in [0.29, 0.717) is 0 Å². The van der Waals surface area contributed by atoms with E-state index in [2.05, 4.69) is 18.7 Å². The maximum absolute atomic E-state index is 11.4. The highest BCUT2D eigenvalue weighted by Crippen LogP contribution is 2.27.